The minimum atomic E-state index is -4.47. The van der Waals surface area contributed by atoms with Crippen LogP contribution in [0.3, 0.4) is 0 Å². The van der Waals surface area contributed by atoms with Crippen molar-refractivity contribution in [3.8, 4) is 11.3 Å². The number of rotatable bonds is 5. The zero-order valence-corrected chi connectivity index (χ0v) is 20.9. The summed E-state index contributed by atoms with van der Waals surface area (Å²) in [6.07, 6.45) is 2.56. The van der Waals surface area contributed by atoms with Crippen molar-refractivity contribution in [2.75, 3.05) is 31.1 Å². The Labute approximate surface area is 213 Å². The maximum atomic E-state index is 13.4. The maximum absolute atomic E-state index is 13.4. The number of carbonyl (C=O) groups excluding carboxylic acids is 1. The summed E-state index contributed by atoms with van der Waals surface area (Å²) in [5.41, 5.74) is 0.0472. The highest BCUT2D eigenvalue weighted by Gasteiger charge is 2.32. The summed E-state index contributed by atoms with van der Waals surface area (Å²) in [4.78, 5) is 25.9. The first-order valence-electron chi connectivity index (χ1n) is 13.0. The molecule has 0 spiro atoms. The van der Waals surface area contributed by atoms with E-state index in [1.54, 1.807) is 6.07 Å². The molecule has 1 saturated carbocycles. The van der Waals surface area contributed by atoms with Crippen LogP contribution in [0.15, 0.2) is 28.8 Å². The summed E-state index contributed by atoms with van der Waals surface area (Å²) in [6, 6.07) is 5.22. The van der Waals surface area contributed by atoms with Gasteiger partial charge in [0.05, 0.1) is 5.56 Å². The molecule has 1 aliphatic carbocycles. The van der Waals surface area contributed by atoms with Crippen LogP contribution in [-0.2, 0) is 12.6 Å². The van der Waals surface area contributed by atoms with Crippen LogP contribution in [0.2, 0.25) is 0 Å². The Kier molecular flexibility index (Phi) is 7.21. The number of aryl methyl sites for hydroxylation is 1. The highest BCUT2D eigenvalue weighted by Crippen LogP contribution is 2.37. The first-order valence-corrected chi connectivity index (χ1v) is 13.0. The van der Waals surface area contributed by atoms with Crippen LogP contribution in [-0.4, -0.2) is 58.3 Å². The van der Waals surface area contributed by atoms with E-state index in [0.717, 1.165) is 44.2 Å². The molecule has 11 heteroatoms. The van der Waals surface area contributed by atoms with Crippen LogP contribution in [0.5, 0.6) is 0 Å². The molecular weight excluding hydrogens is 485 g/mol. The fourth-order valence-electron chi connectivity index (χ4n) is 5.12. The summed E-state index contributed by atoms with van der Waals surface area (Å²) in [6.45, 7) is 4.10. The predicted octanol–water partition coefficient (Wildman–Crippen LogP) is 5.42. The summed E-state index contributed by atoms with van der Waals surface area (Å²) >= 11 is 0. The van der Waals surface area contributed by atoms with E-state index in [0.29, 0.717) is 49.6 Å². The Bertz CT molecular complexity index is 1250. The van der Waals surface area contributed by atoms with Crippen molar-refractivity contribution in [2.24, 2.45) is 0 Å². The summed E-state index contributed by atoms with van der Waals surface area (Å²) in [5.74, 6) is 1.17. The van der Waals surface area contributed by atoms with Gasteiger partial charge in [0.15, 0.2) is 0 Å². The van der Waals surface area contributed by atoms with Gasteiger partial charge in [-0.05, 0) is 31.4 Å². The van der Waals surface area contributed by atoms with Gasteiger partial charge in [0.2, 0.25) is 0 Å². The van der Waals surface area contributed by atoms with Crippen LogP contribution in [0.4, 0.5) is 23.8 Å². The summed E-state index contributed by atoms with van der Waals surface area (Å²) in [5, 5.41) is 7.76. The van der Waals surface area contributed by atoms with Crippen molar-refractivity contribution in [3.63, 3.8) is 0 Å². The second kappa shape index (κ2) is 10.5. The van der Waals surface area contributed by atoms with Crippen molar-refractivity contribution >= 4 is 22.9 Å². The maximum Gasteiger partial charge on any atom is 0.416 e. The second-order valence-corrected chi connectivity index (χ2v) is 9.76. The van der Waals surface area contributed by atoms with Gasteiger partial charge in [-0.25, -0.2) is 9.78 Å². The number of alkyl halides is 3. The molecule has 0 radical (unpaired) electrons. The topological polar surface area (TPSA) is 87.4 Å². The largest absolute Gasteiger partial charge is 0.416 e. The lowest BCUT2D eigenvalue weighted by atomic mass is 9.96. The number of fused-ring (bicyclic) bond motifs is 1. The van der Waals surface area contributed by atoms with Gasteiger partial charge >= 0.3 is 12.2 Å². The van der Waals surface area contributed by atoms with E-state index in [9.17, 15) is 18.0 Å². The van der Waals surface area contributed by atoms with Crippen LogP contribution >= 0.6 is 0 Å². The van der Waals surface area contributed by atoms with E-state index in [-0.39, 0.29) is 29.0 Å². The van der Waals surface area contributed by atoms with Gasteiger partial charge in [-0.15, -0.1) is 0 Å². The molecule has 37 heavy (non-hydrogen) atoms. The molecule has 1 N–H and O–H groups in total. The molecule has 2 aliphatic rings. The van der Waals surface area contributed by atoms with E-state index in [4.69, 9.17) is 9.51 Å². The van der Waals surface area contributed by atoms with E-state index in [2.05, 4.69) is 15.5 Å². The highest BCUT2D eigenvalue weighted by molar-refractivity contribution is 5.98. The highest BCUT2D eigenvalue weighted by atomic mass is 19.4. The Balaban J connectivity index is 1.42. The predicted molar refractivity (Wildman–Crippen MR) is 133 cm³/mol. The molecule has 1 aromatic carbocycles. The first-order chi connectivity index (χ1) is 17.8. The monoisotopic (exact) mass is 516 g/mol. The lowest BCUT2D eigenvalue weighted by Crippen LogP contribution is -2.54. The fraction of sp³-hybridized carbons (Fsp3) is 0.538. The molecule has 8 nitrogen and oxygen atoms in total. The number of hydrogen-bond donors (Lipinski definition) is 1. The van der Waals surface area contributed by atoms with Gasteiger partial charge in [0.25, 0.3) is 5.71 Å². The molecule has 0 unspecified atom stereocenters. The van der Waals surface area contributed by atoms with Crippen molar-refractivity contribution in [1.82, 2.24) is 25.3 Å². The molecule has 5 rings (SSSR count). The molecular formula is C26H31F3N6O2. The van der Waals surface area contributed by atoms with Crippen molar-refractivity contribution in [1.29, 1.82) is 0 Å². The third-order valence-corrected chi connectivity index (χ3v) is 7.10. The Morgan fingerprint density at radius 2 is 1.86 bits per heavy atom. The number of piperazine rings is 1. The van der Waals surface area contributed by atoms with Crippen molar-refractivity contribution in [3.05, 3.63) is 35.7 Å². The number of anilines is 1. The Morgan fingerprint density at radius 3 is 2.57 bits per heavy atom. The standard InChI is InChI=1S/C26H31F3N6O2/c1-2-7-20-31-23(34-12-14-35(15-13-34)25(36)30-19-10-4-3-5-11-19)21-22(33-37-24(21)32-20)17-8-6-9-18(16-17)26(27,28)29/h6,8-9,16,19H,2-5,7,10-15H2,1H3,(H,30,36). The lowest BCUT2D eigenvalue weighted by molar-refractivity contribution is -0.137. The molecule has 2 amide bonds. The number of aromatic nitrogens is 3. The van der Waals surface area contributed by atoms with Crippen LogP contribution in [0.1, 0.15) is 56.8 Å². The SMILES string of the molecule is CCCc1nc(N2CCN(C(=O)NC3CCCCC3)CC2)c2c(-c3cccc(C(F)(F)F)c3)noc2n1. The van der Waals surface area contributed by atoms with Gasteiger partial charge < -0.3 is 19.6 Å². The number of urea groups is 1. The second-order valence-electron chi connectivity index (χ2n) is 9.76. The zero-order valence-electron chi connectivity index (χ0n) is 20.9. The number of halogens is 3. The van der Waals surface area contributed by atoms with Crippen molar-refractivity contribution < 1.29 is 22.5 Å². The molecule has 198 valence electrons. The molecule has 1 aliphatic heterocycles. The smallest absolute Gasteiger partial charge is 0.352 e. The summed E-state index contributed by atoms with van der Waals surface area (Å²) in [7, 11) is 0. The number of benzene rings is 1. The molecule has 2 fully saturated rings. The van der Waals surface area contributed by atoms with Gasteiger partial charge in [-0.2, -0.15) is 18.2 Å². The Hall–Kier alpha value is -3.37. The van der Waals surface area contributed by atoms with E-state index < -0.39 is 11.7 Å². The van der Waals surface area contributed by atoms with Crippen LogP contribution in [0.25, 0.3) is 22.4 Å². The molecule has 2 aromatic heterocycles. The minimum absolute atomic E-state index is 0.0410. The van der Waals surface area contributed by atoms with E-state index in [1.807, 2.05) is 16.7 Å². The third kappa shape index (κ3) is 5.50. The van der Waals surface area contributed by atoms with Gasteiger partial charge in [-0.1, -0.05) is 43.5 Å². The molecule has 3 aromatic rings. The number of carbonyl (C=O) groups is 1. The first kappa shape index (κ1) is 25.3. The Morgan fingerprint density at radius 1 is 1.11 bits per heavy atom. The molecule has 1 saturated heterocycles. The molecule has 0 atom stereocenters. The van der Waals surface area contributed by atoms with Crippen molar-refractivity contribution in [2.45, 2.75) is 64.1 Å². The van der Waals surface area contributed by atoms with Gasteiger partial charge in [0.1, 0.15) is 22.7 Å². The van der Waals surface area contributed by atoms with Crippen LogP contribution in [0, 0.1) is 0 Å². The minimum Gasteiger partial charge on any atom is -0.352 e. The van der Waals surface area contributed by atoms with E-state index >= 15 is 0 Å². The molecule has 3 heterocycles. The lowest BCUT2D eigenvalue weighted by Gasteiger charge is -2.36. The number of amides is 2. The van der Waals surface area contributed by atoms with Crippen LogP contribution < -0.4 is 10.2 Å². The number of nitrogens with zero attached hydrogens (tertiary/aromatic N) is 5. The van der Waals surface area contributed by atoms with Gasteiger partial charge in [0, 0.05) is 44.2 Å². The fourth-order valence-corrected chi connectivity index (χ4v) is 5.12. The number of nitrogens with one attached hydrogen (secondary N) is 1. The number of hydrogen-bond acceptors (Lipinski definition) is 6. The molecule has 0 bridgehead atoms. The third-order valence-electron chi connectivity index (χ3n) is 7.10. The average molecular weight is 517 g/mol. The summed E-state index contributed by atoms with van der Waals surface area (Å²) < 4.78 is 45.6. The quantitative estimate of drug-likeness (QED) is 0.487. The van der Waals surface area contributed by atoms with Gasteiger partial charge in [-0.3, -0.25) is 0 Å². The zero-order chi connectivity index (χ0) is 26.0. The normalized spacial score (nSPS) is 17.4. The van der Waals surface area contributed by atoms with E-state index in [1.165, 1.54) is 12.5 Å². The average Bonchev–Trinajstić information content (AvgIpc) is 3.33.